The molecule has 342 valence electrons. The predicted molar refractivity (Wildman–Crippen MR) is 238 cm³/mol. The zero-order valence-electron chi connectivity index (χ0n) is 34.6. The van der Waals surface area contributed by atoms with Crippen LogP contribution in [0.3, 0.4) is 0 Å². The van der Waals surface area contributed by atoms with Crippen LogP contribution in [0.15, 0.2) is 48.5 Å². The Labute approximate surface area is 392 Å². The first kappa shape index (κ1) is 51.0. The number of aliphatic hydroxyl groups is 1. The number of alkyl halides is 6. The van der Waals surface area contributed by atoms with Gasteiger partial charge in [0, 0.05) is 56.7 Å². The van der Waals surface area contributed by atoms with Crippen LogP contribution in [0, 0.1) is 13.8 Å². The van der Waals surface area contributed by atoms with Crippen molar-refractivity contribution in [3.05, 3.63) is 112 Å². The van der Waals surface area contributed by atoms with E-state index in [-0.39, 0.29) is 84.7 Å². The number of halogens is 12. The summed E-state index contributed by atoms with van der Waals surface area (Å²) < 4.78 is 86.1. The van der Waals surface area contributed by atoms with E-state index in [0.29, 0.717) is 55.7 Å². The quantitative estimate of drug-likeness (QED) is 0.112. The van der Waals surface area contributed by atoms with Gasteiger partial charge in [0.2, 0.25) is 0 Å². The van der Waals surface area contributed by atoms with E-state index >= 15 is 0 Å². The molecule has 3 atom stereocenters. The molecular formula is C44H44Cl6F6N4O3. The van der Waals surface area contributed by atoms with E-state index in [9.17, 15) is 41.0 Å². The topological polar surface area (TPSA) is 86.6 Å². The fourth-order valence-electron chi connectivity index (χ4n) is 8.00. The molecule has 4 aromatic rings. The molecule has 3 unspecified atom stereocenters. The van der Waals surface area contributed by atoms with Crippen LogP contribution < -0.4 is 9.80 Å². The second-order valence-electron chi connectivity index (χ2n) is 15.7. The van der Waals surface area contributed by atoms with Gasteiger partial charge in [-0.3, -0.25) is 9.59 Å². The van der Waals surface area contributed by atoms with Gasteiger partial charge in [0.1, 0.15) is 40.3 Å². The average Bonchev–Trinajstić information content (AvgIpc) is 3.84. The summed E-state index contributed by atoms with van der Waals surface area (Å²) in [6.07, 6.45) is -9.03. The molecule has 0 aliphatic carbocycles. The third-order valence-corrected chi connectivity index (χ3v) is 14.3. The smallest absolute Gasteiger partial charge is 0.372 e. The van der Waals surface area contributed by atoms with E-state index in [4.69, 9.17) is 69.6 Å². The van der Waals surface area contributed by atoms with Crippen LogP contribution >= 0.6 is 69.6 Å². The molecule has 19 heteroatoms. The summed E-state index contributed by atoms with van der Waals surface area (Å²) in [4.78, 5) is 34.9. The summed E-state index contributed by atoms with van der Waals surface area (Å²) in [7, 11) is 0. The lowest BCUT2D eigenvalue weighted by Crippen LogP contribution is -2.52. The van der Waals surface area contributed by atoms with Crippen LogP contribution in [0.25, 0.3) is 0 Å². The highest BCUT2D eigenvalue weighted by molar-refractivity contribution is 6.48. The SMILES string of the molecule is CCC(=O)CCc1ccc(N2CCC(c3cc(Cl)c(Cl)c(Cl)c3)(C(F)(F)F)C2)nc1C.CCC(=O)CCc1ccc(N2CCC(c3cc(Cl)c(Cl)c(Cl)c3)(C(F)(F)F)C2O)nc1C. The highest BCUT2D eigenvalue weighted by Gasteiger charge is 2.65. The number of benzene rings is 2. The molecule has 63 heavy (non-hydrogen) atoms. The third kappa shape index (κ3) is 10.7. The molecule has 4 heterocycles. The number of nitrogens with zero attached hydrogens (tertiary/aromatic N) is 4. The summed E-state index contributed by atoms with van der Waals surface area (Å²) in [5.74, 6) is 0.982. The number of carbonyl (C=O) groups is 2. The Balaban J connectivity index is 0.000000238. The second-order valence-corrected chi connectivity index (χ2v) is 18.0. The van der Waals surface area contributed by atoms with Crippen molar-refractivity contribution in [2.45, 2.75) is 108 Å². The maximum Gasteiger partial charge on any atom is 0.402 e. The molecule has 2 aliphatic heterocycles. The van der Waals surface area contributed by atoms with Crippen LogP contribution in [0.1, 0.15) is 86.0 Å². The standard InChI is InChI=1S/C22H22Cl3F3N2O2.C22H22Cl3F3N2O/c1-3-15(31)6-4-13-5-7-18(29-12(13)2)30-9-8-21(20(30)32,22(26,27)28)14-10-16(23)19(25)17(24)11-14;1-3-16(31)6-4-14-5-7-19(29-13(14)2)30-9-8-21(12-30,22(26,27)28)15-10-17(23)20(25)18(24)11-15/h5,7,10-11,20,32H,3-4,6,8-9H2,1-2H3;5,7,10-11H,3-4,6,8-9,12H2,1-2H3. The fourth-order valence-corrected chi connectivity index (χ4v) is 9.19. The molecule has 0 bridgehead atoms. The van der Waals surface area contributed by atoms with Crippen molar-refractivity contribution < 1.29 is 41.0 Å². The van der Waals surface area contributed by atoms with Gasteiger partial charge in [0.15, 0.2) is 0 Å². The minimum Gasteiger partial charge on any atom is -0.372 e. The van der Waals surface area contributed by atoms with Crippen LogP contribution in [0.5, 0.6) is 0 Å². The van der Waals surface area contributed by atoms with E-state index in [1.807, 2.05) is 13.0 Å². The predicted octanol–water partition coefficient (Wildman–Crippen LogP) is 13.3. The minimum atomic E-state index is -4.79. The first-order valence-electron chi connectivity index (χ1n) is 20.0. The Bertz CT molecular complexity index is 2300. The van der Waals surface area contributed by atoms with E-state index in [1.165, 1.54) is 17.0 Å². The molecule has 2 aromatic heterocycles. The number of aliphatic hydroxyl groups excluding tert-OH is 1. The largest absolute Gasteiger partial charge is 0.402 e. The van der Waals surface area contributed by atoms with Gasteiger partial charge in [-0.25, -0.2) is 9.97 Å². The molecule has 2 aliphatic rings. The number of ketones is 2. The van der Waals surface area contributed by atoms with Crippen molar-refractivity contribution in [3.8, 4) is 0 Å². The molecule has 2 saturated heterocycles. The fraction of sp³-hybridized carbons (Fsp3) is 0.455. The molecule has 0 saturated carbocycles. The number of carbonyl (C=O) groups excluding carboxylic acids is 2. The van der Waals surface area contributed by atoms with Crippen LogP contribution in [-0.2, 0) is 33.3 Å². The summed E-state index contributed by atoms with van der Waals surface area (Å²) in [5, 5.41) is 10.7. The van der Waals surface area contributed by atoms with Crippen molar-refractivity contribution in [1.82, 2.24) is 9.97 Å². The van der Waals surface area contributed by atoms with Crippen molar-refractivity contribution in [3.63, 3.8) is 0 Å². The molecule has 0 amide bonds. The van der Waals surface area contributed by atoms with Gasteiger partial charge in [-0.15, -0.1) is 0 Å². The number of Topliss-reactive ketones (excluding diaryl/α,β-unsaturated/α-hetero) is 2. The highest BCUT2D eigenvalue weighted by atomic mass is 35.5. The van der Waals surface area contributed by atoms with Crippen molar-refractivity contribution >= 4 is 92.8 Å². The third-order valence-electron chi connectivity index (χ3n) is 12.0. The first-order valence-corrected chi connectivity index (χ1v) is 22.3. The molecule has 2 aromatic carbocycles. The van der Waals surface area contributed by atoms with Gasteiger partial charge in [0.25, 0.3) is 0 Å². The summed E-state index contributed by atoms with van der Waals surface area (Å²) >= 11 is 35.9. The highest BCUT2D eigenvalue weighted by Crippen LogP contribution is 2.54. The number of pyridine rings is 2. The van der Waals surface area contributed by atoms with Gasteiger partial charge >= 0.3 is 12.4 Å². The van der Waals surface area contributed by atoms with E-state index < -0.39 is 35.8 Å². The van der Waals surface area contributed by atoms with Crippen LogP contribution in [0.2, 0.25) is 30.1 Å². The maximum absolute atomic E-state index is 14.4. The first-order chi connectivity index (χ1) is 29.4. The van der Waals surface area contributed by atoms with E-state index in [1.54, 1.807) is 43.9 Å². The number of aromatic nitrogens is 2. The number of rotatable bonds is 12. The molecule has 0 spiro atoms. The minimum absolute atomic E-state index is 0.00619. The Hall–Kier alpha value is -3.04. The molecule has 0 radical (unpaired) electrons. The van der Waals surface area contributed by atoms with Gasteiger partial charge in [0.05, 0.1) is 30.1 Å². The zero-order chi connectivity index (χ0) is 46.8. The Morgan fingerprint density at radius 3 is 1.56 bits per heavy atom. The molecular weight excluding hydrogens is 959 g/mol. The van der Waals surface area contributed by atoms with E-state index in [0.717, 1.165) is 23.3 Å². The molecule has 2 fully saturated rings. The lowest BCUT2D eigenvalue weighted by atomic mass is 9.77. The Morgan fingerprint density at radius 2 is 1.13 bits per heavy atom. The van der Waals surface area contributed by atoms with Gasteiger partial charge in [-0.1, -0.05) is 95.6 Å². The zero-order valence-corrected chi connectivity index (χ0v) is 39.1. The molecule has 1 N–H and O–H groups in total. The van der Waals surface area contributed by atoms with Crippen LogP contribution in [0.4, 0.5) is 38.0 Å². The summed E-state index contributed by atoms with van der Waals surface area (Å²) in [6.45, 7) is 6.94. The summed E-state index contributed by atoms with van der Waals surface area (Å²) in [5.41, 5.74) is -1.95. The average molecular weight is 1000 g/mol. The van der Waals surface area contributed by atoms with Crippen molar-refractivity contribution in [2.75, 3.05) is 29.4 Å². The second kappa shape index (κ2) is 20.2. The number of hydrogen-bond acceptors (Lipinski definition) is 7. The maximum atomic E-state index is 14.4. The Morgan fingerprint density at radius 1 is 0.683 bits per heavy atom. The lowest BCUT2D eigenvalue weighted by Gasteiger charge is -2.37. The number of hydrogen-bond donors (Lipinski definition) is 1. The number of anilines is 2. The van der Waals surface area contributed by atoms with Crippen LogP contribution in [-0.4, -0.2) is 64.9 Å². The van der Waals surface area contributed by atoms with E-state index in [2.05, 4.69) is 9.97 Å². The number of aryl methyl sites for hydroxylation is 4. The lowest BCUT2D eigenvalue weighted by molar-refractivity contribution is -0.210. The molecule has 6 rings (SSSR count). The molecule has 7 nitrogen and oxygen atoms in total. The normalized spacial score (nSPS) is 20.2. The monoisotopic (exact) mass is 1000 g/mol. The Kier molecular flexibility index (Phi) is 16.4. The van der Waals surface area contributed by atoms with Crippen molar-refractivity contribution in [1.29, 1.82) is 0 Å². The van der Waals surface area contributed by atoms with Gasteiger partial charge in [-0.2, -0.15) is 26.3 Å². The van der Waals surface area contributed by atoms with Gasteiger partial charge < -0.3 is 14.9 Å². The summed E-state index contributed by atoms with van der Waals surface area (Å²) in [6, 6.07) is 11.5. The van der Waals surface area contributed by atoms with Gasteiger partial charge in [-0.05, 0) is 98.2 Å². The van der Waals surface area contributed by atoms with Crippen molar-refractivity contribution in [2.24, 2.45) is 0 Å².